The number of carbonyl (C=O) groups excluding carboxylic acids is 1. The molecule has 0 saturated carbocycles. The largest absolute Gasteiger partial charge is 0.486 e. The van der Waals surface area contributed by atoms with Gasteiger partial charge in [0.25, 0.3) is 5.91 Å². The van der Waals surface area contributed by atoms with Crippen molar-refractivity contribution in [2.45, 2.75) is 51.6 Å². The number of nitriles is 1. The first-order valence-corrected chi connectivity index (χ1v) is 11.6. The van der Waals surface area contributed by atoms with Gasteiger partial charge in [-0.15, -0.1) is 0 Å². The first-order chi connectivity index (χ1) is 17.2. The van der Waals surface area contributed by atoms with Gasteiger partial charge in [-0.3, -0.25) is 9.48 Å². The molecular weight excluding hydrogens is 467 g/mol. The van der Waals surface area contributed by atoms with Crippen molar-refractivity contribution in [3.8, 4) is 23.2 Å². The van der Waals surface area contributed by atoms with Crippen molar-refractivity contribution in [3.63, 3.8) is 0 Å². The molecule has 3 heterocycles. The summed E-state index contributed by atoms with van der Waals surface area (Å²) < 4.78 is 22.4. The predicted molar refractivity (Wildman–Crippen MR) is 128 cm³/mol. The zero-order chi connectivity index (χ0) is 25.8. The molecule has 0 radical (unpaired) electrons. The minimum atomic E-state index is -1.45. The summed E-state index contributed by atoms with van der Waals surface area (Å²) >= 11 is 0. The number of anilines is 2. The zero-order valence-electron chi connectivity index (χ0n) is 20.2. The van der Waals surface area contributed by atoms with E-state index in [9.17, 15) is 19.6 Å². The van der Waals surface area contributed by atoms with Crippen LogP contribution in [-0.4, -0.2) is 72.1 Å². The molecule has 1 aliphatic rings. The van der Waals surface area contributed by atoms with Gasteiger partial charge in [0.15, 0.2) is 12.0 Å². The van der Waals surface area contributed by atoms with Crippen LogP contribution >= 0.6 is 0 Å². The summed E-state index contributed by atoms with van der Waals surface area (Å²) in [5.74, 6) is 0.386. The van der Waals surface area contributed by atoms with Crippen molar-refractivity contribution in [2.75, 3.05) is 18.4 Å². The number of rotatable bonds is 7. The van der Waals surface area contributed by atoms with Gasteiger partial charge < -0.3 is 20.1 Å². The van der Waals surface area contributed by atoms with Crippen LogP contribution in [0.5, 0.6) is 5.75 Å². The summed E-state index contributed by atoms with van der Waals surface area (Å²) in [6.45, 7) is 5.47. The summed E-state index contributed by atoms with van der Waals surface area (Å²) in [6.07, 6.45) is 1.66. The second kappa shape index (κ2) is 10.7. The number of amides is 1. The maximum Gasteiger partial charge on any atom is 0.251 e. The van der Waals surface area contributed by atoms with E-state index in [1.54, 1.807) is 29.1 Å². The molecule has 12 heteroatoms. The van der Waals surface area contributed by atoms with E-state index in [0.717, 1.165) is 5.69 Å². The van der Waals surface area contributed by atoms with Crippen LogP contribution in [0.3, 0.4) is 0 Å². The van der Waals surface area contributed by atoms with Crippen LogP contribution in [0, 0.1) is 11.3 Å². The molecule has 0 unspecified atom stereocenters. The molecule has 188 valence electrons. The zero-order valence-corrected chi connectivity index (χ0v) is 20.2. The highest BCUT2D eigenvalue weighted by atomic mass is 19.1. The molecule has 36 heavy (non-hydrogen) atoms. The molecule has 4 rings (SSSR count). The maximum atomic E-state index is 14.7. The summed E-state index contributed by atoms with van der Waals surface area (Å²) in [6, 6.07) is 7.13. The van der Waals surface area contributed by atoms with Gasteiger partial charge in [0.05, 0.1) is 24.0 Å². The molecule has 0 spiro atoms. The van der Waals surface area contributed by atoms with Crippen LogP contribution in [0.2, 0.25) is 0 Å². The lowest BCUT2D eigenvalue weighted by Gasteiger charge is -2.35. The fourth-order valence-corrected chi connectivity index (χ4v) is 3.81. The van der Waals surface area contributed by atoms with E-state index in [2.05, 4.69) is 31.4 Å². The minimum Gasteiger partial charge on any atom is -0.486 e. The number of piperidine rings is 1. The van der Waals surface area contributed by atoms with Crippen LogP contribution in [0.15, 0.2) is 36.9 Å². The molecule has 1 amide bonds. The molecule has 0 aliphatic carbocycles. The topological polar surface area (TPSA) is 142 Å². The van der Waals surface area contributed by atoms with Gasteiger partial charge in [-0.25, -0.2) is 14.4 Å². The third-order valence-corrected chi connectivity index (χ3v) is 5.75. The van der Waals surface area contributed by atoms with Crippen LogP contribution in [0.1, 0.15) is 38.8 Å². The molecule has 11 nitrogen and oxygen atoms in total. The fourth-order valence-electron chi connectivity index (χ4n) is 3.81. The molecular formula is C24H27FN8O3. The molecule has 1 saturated heterocycles. The standard InChI is InChI=1S/C24H27FN8O3/c1-14(2)33-11-18(10-29-33)30-24-28-13-27-22(31-24)16-4-5-20(17(8-16)9-26)36-21-6-7-32(12-19(21)25)23(35)15(3)34/h4-5,8,10-11,13-15,19,21,34H,6-7,12H2,1-3H3,(H,27,28,30,31)/t15-,19-,21-/m0/s1. The normalized spacial score (nSPS) is 18.5. The number of aliphatic hydroxyl groups excluding tert-OH is 1. The number of hydrogen-bond donors (Lipinski definition) is 2. The number of aliphatic hydroxyl groups is 1. The Morgan fingerprint density at radius 1 is 1.33 bits per heavy atom. The van der Waals surface area contributed by atoms with Crippen molar-refractivity contribution in [1.29, 1.82) is 5.26 Å². The van der Waals surface area contributed by atoms with Gasteiger partial charge in [-0.1, -0.05) is 0 Å². The summed E-state index contributed by atoms with van der Waals surface area (Å²) in [7, 11) is 0. The molecule has 1 fully saturated rings. The van der Waals surface area contributed by atoms with E-state index in [-0.39, 0.29) is 36.9 Å². The highest BCUT2D eigenvalue weighted by molar-refractivity contribution is 5.80. The van der Waals surface area contributed by atoms with Crippen LogP contribution in [0.4, 0.5) is 16.0 Å². The highest BCUT2D eigenvalue weighted by Crippen LogP contribution is 2.28. The van der Waals surface area contributed by atoms with Crippen molar-refractivity contribution in [1.82, 2.24) is 29.6 Å². The van der Waals surface area contributed by atoms with E-state index in [0.29, 0.717) is 17.3 Å². The Balaban J connectivity index is 1.47. The highest BCUT2D eigenvalue weighted by Gasteiger charge is 2.34. The van der Waals surface area contributed by atoms with E-state index in [4.69, 9.17) is 4.74 Å². The third-order valence-electron chi connectivity index (χ3n) is 5.75. The minimum absolute atomic E-state index is 0.176. The third kappa shape index (κ3) is 5.58. The average Bonchev–Trinajstić information content (AvgIpc) is 3.34. The number of likely N-dealkylation sites (tertiary alicyclic amines) is 1. The number of halogens is 1. The quantitative estimate of drug-likeness (QED) is 0.507. The monoisotopic (exact) mass is 494 g/mol. The number of nitrogens with one attached hydrogen (secondary N) is 1. The van der Waals surface area contributed by atoms with Crippen LogP contribution in [0.25, 0.3) is 11.4 Å². The first-order valence-electron chi connectivity index (χ1n) is 11.6. The summed E-state index contributed by atoms with van der Waals surface area (Å²) in [4.78, 5) is 26.0. The number of hydrogen-bond acceptors (Lipinski definition) is 9. The van der Waals surface area contributed by atoms with Gasteiger partial charge in [-0.05, 0) is 39.0 Å². The molecule has 0 bridgehead atoms. The van der Waals surface area contributed by atoms with E-state index in [1.807, 2.05) is 20.0 Å². The van der Waals surface area contributed by atoms with Crippen molar-refractivity contribution in [2.24, 2.45) is 0 Å². The number of aromatic nitrogens is 5. The van der Waals surface area contributed by atoms with Crippen LogP contribution < -0.4 is 10.1 Å². The fraction of sp³-hybridized carbons (Fsp3) is 0.417. The Labute approximate surface area is 207 Å². The van der Waals surface area contributed by atoms with Gasteiger partial charge in [0, 0.05) is 30.8 Å². The molecule has 3 aromatic rings. The Bertz CT molecular complexity index is 1270. The number of nitrogens with zero attached hydrogens (tertiary/aromatic N) is 7. The average molecular weight is 495 g/mol. The second-order valence-electron chi connectivity index (χ2n) is 8.80. The van der Waals surface area contributed by atoms with Crippen LogP contribution in [-0.2, 0) is 4.79 Å². The van der Waals surface area contributed by atoms with E-state index < -0.39 is 24.3 Å². The number of benzene rings is 1. The van der Waals surface area contributed by atoms with Crippen molar-refractivity contribution < 1.29 is 19.0 Å². The summed E-state index contributed by atoms with van der Waals surface area (Å²) in [5, 5.41) is 26.5. The predicted octanol–water partition coefficient (Wildman–Crippen LogP) is 2.63. The molecule has 1 aliphatic heterocycles. The Morgan fingerprint density at radius 2 is 2.14 bits per heavy atom. The molecule has 2 aromatic heterocycles. The smallest absolute Gasteiger partial charge is 0.251 e. The number of carbonyl (C=O) groups is 1. The lowest BCUT2D eigenvalue weighted by molar-refractivity contribution is -0.143. The van der Waals surface area contributed by atoms with Gasteiger partial charge in [0.1, 0.15) is 30.4 Å². The van der Waals surface area contributed by atoms with Crippen molar-refractivity contribution >= 4 is 17.5 Å². The second-order valence-corrected chi connectivity index (χ2v) is 8.80. The molecule has 3 atom stereocenters. The molecule has 2 N–H and O–H groups in total. The van der Waals surface area contributed by atoms with Gasteiger partial charge >= 0.3 is 0 Å². The molecule has 1 aromatic carbocycles. The lowest BCUT2D eigenvalue weighted by atomic mass is 10.0. The number of ether oxygens (including phenoxy) is 1. The van der Waals surface area contributed by atoms with Gasteiger partial charge in [-0.2, -0.15) is 15.3 Å². The SMILES string of the molecule is CC(C)n1cc(Nc2ncnc(-c3ccc(O[C@H]4CCN(C(=O)[C@H](C)O)C[C@@H]4F)c(C#N)c3)n2)cn1. The summed E-state index contributed by atoms with van der Waals surface area (Å²) in [5.41, 5.74) is 1.50. The Morgan fingerprint density at radius 3 is 2.81 bits per heavy atom. The van der Waals surface area contributed by atoms with Gasteiger partial charge in [0.2, 0.25) is 5.95 Å². The van der Waals surface area contributed by atoms with E-state index in [1.165, 1.54) is 18.2 Å². The lowest BCUT2D eigenvalue weighted by Crippen LogP contribution is -2.51. The Kier molecular flexibility index (Phi) is 7.40. The van der Waals surface area contributed by atoms with Crippen molar-refractivity contribution in [3.05, 3.63) is 42.5 Å². The first kappa shape index (κ1) is 25.0. The Hall–Kier alpha value is -4.11. The number of alkyl halides is 1. The maximum absolute atomic E-state index is 14.7. The van der Waals surface area contributed by atoms with E-state index >= 15 is 0 Å².